The monoisotopic (exact) mass is 224 g/mol. The number of nitrogens with zero attached hydrogens (tertiary/aromatic N) is 2. The summed E-state index contributed by atoms with van der Waals surface area (Å²) < 4.78 is 0. The number of piperidine rings is 1. The third-order valence-electron chi connectivity index (χ3n) is 4.59. The molecule has 1 atom stereocenters. The molecule has 2 nitrogen and oxygen atoms in total. The van der Waals surface area contributed by atoms with Crippen LogP contribution in [0.15, 0.2) is 0 Å². The van der Waals surface area contributed by atoms with Crippen molar-refractivity contribution >= 4 is 0 Å². The summed E-state index contributed by atoms with van der Waals surface area (Å²) in [6, 6.07) is 0.886. The molecule has 2 fully saturated rings. The van der Waals surface area contributed by atoms with E-state index in [-0.39, 0.29) is 0 Å². The van der Waals surface area contributed by atoms with Crippen molar-refractivity contribution in [2.45, 2.75) is 52.0 Å². The molecular weight excluding hydrogens is 196 g/mol. The van der Waals surface area contributed by atoms with Gasteiger partial charge in [0.25, 0.3) is 0 Å². The average molecular weight is 224 g/mol. The minimum atomic E-state index is 0.886. The van der Waals surface area contributed by atoms with Crippen molar-refractivity contribution in [1.82, 2.24) is 9.80 Å². The maximum Gasteiger partial charge on any atom is 0.0223 e. The molecule has 0 spiro atoms. The summed E-state index contributed by atoms with van der Waals surface area (Å²) in [6.07, 6.45) is 7.03. The number of fused-ring (bicyclic) bond motifs is 1. The first kappa shape index (κ1) is 12.4. The lowest BCUT2D eigenvalue weighted by Crippen LogP contribution is -2.55. The van der Waals surface area contributed by atoms with Crippen molar-refractivity contribution in [3.05, 3.63) is 0 Å². The first-order chi connectivity index (χ1) is 7.83. The van der Waals surface area contributed by atoms with Crippen molar-refractivity contribution < 1.29 is 0 Å². The summed E-state index contributed by atoms with van der Waals surface area (Å²) in [4.78, 5) is 5.46. The topological polar surface area (TPSA) is 6.48 Å². The molecule has 0 saturated carbocycles. The van der Waals surface area contributed by atoms with Crippen LogP contribution in [-0.2, 0) is 0 Å². The molecule has 0 amide bonds. The fourth-order valence-corrected chi connectivity index (χ4v) is 3.30. The Morgan fingerprint density at radius 3 is 2.62 bits per heavy atom. The fraction of sp³-hybridized carbons (Fsp3) is 1.00. The van der Waals surface area contributed by atoms with Crippen LogP contribution in [-0.4, -0.2) is 48.6 Å². The molecule has 2 heterocycles. The summed E-state index contributed by atoms with van der Waals surface area (Å²) >= 11 is 0. The van der Waals surface area contributed by atoms with Crippen LogP contribution in [0, 0.1) is 5.92 Å². The quantitative estimate of drug-likeness (QED) is 0.724. The van der Waals surface area contributed by atoms with Crippen LogP contribution in [0.5, 0.6) is 0 Å². The van der Waals surface area contributed by atoms with Crippen molar-refractivity contribution in [2.24, 2.45) is 5.92 Å². The SMILES string of the molecule is CCC(CC)CN1CCN2CCCCC2C1. The predicted molar refractivity (Wildman–Crippen MR) is 69.7 cm³/mol. The molecule has 0 aliphatic carbocycles. The van der Waals surface area contributed by atoms with Crippen LogP contribution < -0.4 is 0 Å². The number of hydrogen-bond donors (Lipinski definition) is 0. The largest absolute Gasteiger partial charge is 0.300 e. The minimum Gasteiger partial charge on any atom is -0.300 e. The highest BCUT2D eigenvalue weighted by Crippen LogP contribution is 2.22. The second kappa shape index (κ2) is 6.02. The summed E-state index contributed by atoms with van der Waals surface area (Å²) in [5.41, 5.74) is 0. The maximum absolute atomic E-state index is 2.73. The third kappa shape index (κ3) is 2.98. The van der Waals surface area contributed by atoms with Crippen molar-refractivity contribution in [2.75, 3.05) is 32.7 Å². The van der Waals surface area contributed by atoms with Crippen molar-refractivity contribution in [3.63, 3.8) is 0 Å². The Labute approximate surface area is 101 Å². The van der Waals surface area contributed by atoms with E-state index in [1.54, 1.807) is 0 Å². The highest BCUT2D eigenvalue weighted by Gasteiger charge is 2.29. The Balaban J connectivity index is 1.80. The molecule has 0 aromatic carbocycles. The van der Waals surface area contributed by atoms with Gasteiger partial charge in [0.15, 0.2) is 0 Å². The molecule has 2 aliphatic heterocycles. The van der Waals surface area contributed by atoms with Crippen LogP contribution in [0.4, 0.5) is 0 Å². The Bertz CT molecular complexity index is 201. The zero-order valence-electron chi connectivity index (χ0n) is 11.1. The summed E-state index contributed by atoms with van der Waals surface area (Å²) in [5.74, 6) is 0.926. The van der Waals surface area contributed by atoms with E-state index in [2.05, 4.69) is 23.6 Å². The lowest BCUT2D eigenvalue weighted by molar-refractivity contribution is 0.0411. The second-order valence-corrected chi connectivity index (χ2v) is 5.63. The molecule has 2 aliphatic rings. The normalized spacial score (nSPS) is 28.3. The summed E-state index contributed by atoms with van der Waals surface area (Å²) in [7, 11) is 0. The molecule has 2 rings (SSSR count). The van der Waals surface area contributed by atoms with Crippen LogP contribution in [0.2, 0.25) is 0 Å². The Kier molecular flexibility index (Phi) is 4.66. The highest BCUT2D eigenvalue weighted by molar-refractivity contribution is 4.85. The molecule has 16 heavy (non-hydrogen) atoms. The molecule has 0 radical (unpaired) electrons. The van der Waals surface area contributed by atoms with E-state index < -0.39 is 0 Å². The van der Waals surface area contributed by atoms with Crippen LogP contribution in [0.3, 0.4) is 0 Å². The smallest absolute Gasteiger partial charge is 0.0223 e. The second-order valence-electron chi connectivity index (χ2n) is 5.63. The molecule has 0 N–H and O–H groups in total. The molecule has 2 saturated heterocycles. The van der Waals surface area contributed by atoms with E-state index in [0.717, 1.165) is 12.0 Å². The van der Waals surface area contributed by atoms with Gasteiger partial charge >= 0.3 is 0 Å². The van der Waals surface area contributed by atoms with E-state index in [4.69, 9.17) is 0 Å². The van der Waals surface area contributed by atoms with Gasteiger partial charge in [-0.3, -0.25) is 4.90 Å². The van der Waals surface area contributed by atoms with Gasteiger partial charge < -0.3 is 4.90 Å². The van der Waals surface area contributed by atoms with Crippen molar-refractivity contribution in [1.29, 1.82) is 0 Å². The van der Waals surface area contributed by atoms with Gasteiger partial charge in [-0.2, -0.15) is 0 Å². The van der Waals surface area contributed by atoms with Gasteiger partial charge in [-0.1, -0.05) is 33.1 Å². The van der Waals surface area contributed by atoms with Gasteiger partial charge in [0.1, 0.15) is 0 Å². The minimum absolute atomic E-state index is 0.886. The van der Waals surface area contributed by atoms with Gasteiger partial charge in [-0.15, -0.1) is 0 Å². The van der Waals surface area contributed by atoms with E-state index in [1.807, 2.05) is 0 Å². The predicted octanol–water partition coefficient (Wildman–Crippen LogP) is 2.59. The molecule has 0 bridgehead atoms. The van der Waals surface area contributed by atoms with Gasteiger partial charge in [0.05, 0.1) is 0 Å². The summed E-state index contributed by atoms with van der Waals surface area (Å²) in [5, 5.41) is 0. The Morgan fingerprint density at radius 2 is 1.88 bits per heavy atom. The lowest BCUT2D eigenvalue weighted by Gasteiger charge is -2.44. The van der Waals surface area contributed by atoms with Crippen molar-refractivity contribution in [3.8, 4) is 0 Å². The van der Waals surface area contributed by atoms with E-state index in [0.29, 0.717) is 0 Å². The summed E-state index contributed by atoms with van der Waals surface area (Å²) in [6.45, 7) is 11.4. The molecule has 0 aromatic heterocycles. The zero-order chi connectivity index (χ0) is 11.4. The number of piperazine rings is 1. The first-order valence-corrected chi connectivity index (χ1v) is 7.29. The van der Waals surface area contributed by atoms with Crippen LogP contribution >= 0.6 is 0 Å². The van der Waals surface area contributed by atoms with E-state index in [1.165, 1.54) is 64.8 Å². The van der Waals surface area contributed by atoms with Gasteiger partial charge in [-0.05, 0) is 25.3 Å². The van der Waals surface area contributed by atoms with Crippen LogP contribution in [0.1, 0.15) is 46.0 Å². The highest BCUT2D eigenvalue weighted by atomic mass is 15.3. The lowest BCUT2D eigenvalue weighted by atomic mass is 9.97. The first-order valence-electron chi connectivity index (χ1n) is 7.29. The average Bonchev–Trinajstić information content (AvgIpc) is 2.35. The molecule has 0 aromatic rings. The van der Waals surface area contributed by atoms with E-state index >= 15 is 0 Å². The van der Waals surface area contributed by atoms with Gasteiger partial charge in [-0.25, -0.2) is 0 Å². The Morgan fingerprint density at radius 1 is 1.06 bits per heavy atom. The molecular formula is C14H28N2. The van der Waals surface area contributed by atoms with Gasteiger partial charge in [0, 0.05) is 32.2 Å². The number of rotatable bonds is 4. The van der Waals surface area contributed by atoms with Gasteiger partial charge in [0.2, 0.25) is 0 Å². The Hall–Kier alpha value is -0.0800. The molecule has 94 valence electrons. The molecule has 2 heteroatoms. The maximum atomic E-state index is 2.73. The van der Waals surface area contributed by atoms with E-state index in [9.17, 15) is 0 Å². The third-order valence-corrected chi connectivity index (χ3v) is 4.59. The fourth-order valence-electron chi connectivity index (χ4n) is 3.30. The number of hydrogen-bond acceptors (Lipinski definition) is 2. The standard InChI is InChI=1S/C14H28N2/c1-3-13(4-2)11-15-9-10-16-8-6-5-7-14(16)12-15/h13-14H,3-12H2,1-2H3. The zero-order valence-corrected chi connectivity index (χ0v) is 11.1. The molecule has 1 unspecified atom stereocenters. The van der Waals surface area contributed by atoms with Crippen LogP contribution in [0.25, 0.3) is 0 Å².